The molecule has 18 heavy (non-hydrogen) atoms. The highest BCUT2D eigenvalue weighted by Crippen LogP contribution is 2.27. The molecule has 1 fully saturated rings. The van der Waals surface area contributed by atoms with Gasteiger partial charge < -0.3 is 15.6 Å². The largest absolute Gasteiger partial charge is 0.486 e. The van der Waals surface area contributed by atoms with Crippen molar-refractivity contribution in [3.05, 3.63) is 29.8 Å². The molecule has 1 heterocycles. The van der Waals surface area contributed by atoms with E-state index in [4.69, 9.17) is 10.5 Å². The minimum atomic E-state index is -3.20. The van der Waals surface area contributed by atoms with E-state index in [1.54, 1.807) is 12.1 Å². The number of aliphatic hydroxyl groups excluding tert-OH is 1. The van der Waals surface area contributed by atoms with Crippen LogP contribution in [0.15, 0.2) is 24.3 Å². The van der Waals surface area contributed by atoms with E-state index >= 15 is 0 Å². The van der Waals surface area contributed by atoms with Crippen LogP contribution in [-0.2, 0) is 9.84 Å². The van der Waals surface area contributed by atoms with Crippen molar-refractivity contribution in [2.45, 2.75) is 25.2 Å². The topological polar surface area (TPSA) is 89.6 Å². The van der Waals surface area contributed by atoms with E-state index in [0.29, 0.717) is 5.75 Å². The molecule has 1 aromatic rings. The Morgan fingerprint density at radius 2 is 2.06 bits per heavy atom. The van der Waals surface area contributed by atoms with Crippen LogP contribution in [0, 0.1) is 0 Å². The molecule has 0 spiro atoms. The smallest absolute Gasteiger partial charge is 0.156 e. The van der Waals surface area contributed by atoms with E-state index in [2.05, 4.69) is 0 Å². The Kier molecular flexibility index (Phi) is 3.61. The average Bonchev–Trinajstić information content (AvgIpc) is 2.52. The number of ether oxygens (including phenoxy) is 1. The summed E-state index contributed by atoms with van der Waals surface area (Å²) in [5.74, 6) is 0.146. The highest BCUT2D eigenvalue weighted by molar-refractivity contribution is 7.91. The zero-order chi connectivity index (χ0) is 13.3. The Labute approximate surface area is 106 Å². The van der Waals surface area contributed by atoms with Crippen LogP contribution in [-0.4, -0.2) is 37.2 Å². The molecule has 3 atom stereocenters. The van der Waals surface area contributed by atoms with Gasteiger partial charge in [-0.25, -0.2) is 8.42 Å². The van der Waals surface area contributed by atoms with E-state index in [1.807, 2.05) is 19.1 Å². The fourth-order valence-electron chi connectivity index (χ4n) is 2.04. The number of hydrogen-bond donors (Lipinski definition) is 2. The van der Waals surface area contributed by atoms with Crippen molar-refractivity contribution in [3.63, 3.8) is 0 Å². The number of nitrogens with two attached hydrogens (primary N) is 1. The molecule has 1 aromatic carbocycles. The summed E-state index contributed by atoms with van der Waals surface area (Å²) in [6, 6.07) is 6.98. The summed E-state index contributed by atoms with van der Waals surface area (Å²) in [5, 5.41) is 9.68. The van der Waals surface area contributed by atoms with Crippen LogP contribution in [0.1, 0.15) is 18.5 Å². The van der Waals surface area contributed by atoms with Crippen LogP contribution >= 0.6 is 0 Å². The van der Waals surface area contributed by atoms with Crippen LogP contribution in [0.5, 0.6) is 5.75 Å². The van der Waals surface area contributed by atoms with Gasteiger partial charge in [0.1, 0.15) is 18.0 Å². The highest BCUT2D eigenvalue weighted by atomic mass is 32.2. The van der Waals surface area contributed by atoms with Gasteiger partial charge >= 0.3 is 0 Å². The standard InChI is InChI=1S/C12H17NO4S/c1-8(13)9-4-2-3-5-11(9)17-12-7-18(15,16)6-10(12)14/h2-5,8,10,12,14H,6-7,13H2,1H3/t8-,10?,12?/m0/s1. The molecule has 0 bridgehead atoms. The van der Waals surface area contributed by atoms with Gasteiger partial charge in [0, 0.05) is 11.6 Å². The SMILES string of the molecule is C[C@H](N)c1ccccc1OC1CS(=O)(=O)CC1O. The first-order chi connectivity index (χ1) is 8.39. The number of hydrogen-bond acceptors (Lipinski definition) is 5. The summed E-state index contributed by atoms with van der Waals surface area (Å²) in [7, 11) is -3.20. The number of aliphatic hydroxyl groups is 1. The number of benzene rings is 1. The average molecular weight is 271 g/mol. The van der Waals surface area contributed by atoms with Crippen molar-refractivity contribution in [3.8, 4) is 5.75 Å². The van der Waals surface area contributed by atoms with Gasteiger partial charge in [-0.15, -0.1) is 0 Å². The van der Waals surface area contributed by atoms with Crippen LogP contribution in [0.3, 0.4) is 0 Å². The summed E-state index contributed by atoms with van der Waals surface area (Å²) >= 11 is 0. The van der Waals surface area contributed by atoms with Gasteiger partial charge in [0.15, 0.2) is 9.84 Å². The summed E-state index contributed by atoms with van der Waals surface area (Å²) < 4.78 is 28.4. The third-order valence-electron chi connectivity index (χ3n) is 2.96. The van der Waals surface area contributed by atoms with Crippen LogP contribution in [0.4, 0.5) is 0 Å². The van der Waals surface area contributed by atoms with Gasteiger partial charge in [-0.1, -0.05) is 18.2 Å². The first-order valence-corrected chi connectivity index (χ1v) is 7.61. The lowest BCUT2D eigenvalue weighted by Gasteiger charge is -2.19. The Morgan fingerprint density at radius 3 is 2.61 bits per heavy atom. The fourth-order valence-corrected chi connectivity index (χ4v) is 3.70. The highest BCUT2D eigenvalue weighted by Gasteiger charge is 2.38. The minimum absolute atomic E-state index is 0.151. The zero-order valence-electron chi connectivity index (χ0n) is 10.1. The van der Waals surface area contributed by atoms with Crippen molar-refractivity contribution in [2.24, 2.45) is 5.73 Å². The Hall–Kier alpha value is -1.11. The number of para-hydroxylation sites is 1. The van der Waals surface area contributed by atoms with Crippen molar-refractivity contribution in [1.82, 2.24) is 0 Å². The van der Waals surface area contributed by atoms with Gasteiger partial charge in [-0.05, 0) is 13.0 Å². The predicted octanol–water partition coefficient (Wildman–Crippen LogP) is 0.243. The molecule has 1 saturated heterocycles. The first-order valence-electron chi connectivity index (χ1n) is 5.79. The quantitative estimate of drug-likeness (QED) is 0.822. The third-order valence-corrected chi connectivity index (χ3v) is 4.65. The van der Waals surface area contributed by atoms with E-state index in [1.165, 1.54) is 0 Å². The molecule has 1 aliphatic rings. The zero-order valence-corrected chi connectivity index (χ0v) is 10.9. The normalized spacial score (nSPS) is 27.9. The van der Waals surface area contributed by atoms with Crippen molar-refractivity contribution >= 4 is 9.84 Å². The summed E-state index contributed by atoms with van der Waals surface area (Å²) in [6.07, 6.45) is -1.69. The van der Waals surface area contributed by atoms with Gasteiger partial charge in [-0.2, -0.15) is 0 Å². The molecule has 5 nitrogen and oxygen atoms in total. The van der Waals surface area contributed by atoms with E-state index < -0.39 is 22.0 Å². The Balaban J connectivity index is 2.20. The van der Waals surface area contributed by atoms with E-state index in [0.717, 1.165) is 5.56 Å². The molecule has 6 heteroatoms. The van der Waals surface area contributed by atoms with Gasteiger partial charge in [-0.3, -0.25) is 0 Å². The minimum Gasteiger partial charge on any atom is -0.486 e. The first kappa shape index (κ1) is 13.3. The summed E-state index contributed by atoms with van der Waals surface area (Å²) in [4.78, 5) is 0. The predicted molar refractivity (Wildman–Crippen MR) is 68.1 cm³/mol. The molecule has 0 saturated carbocycles. The molecule has 1 aliphatic heterocycles. The van der Waals surface area contributed by atoms with Gasteiger partial charge in [0.25, 0.3) is 0 Å². The monoisotopic (exact) mass is 271 g/mol. The molecular weight excluding hydrogens is 254 g/mol. The maximum Gasteiger partial charge on any atom is 0.156 e. The second-order valence-corrected chi connectivity index (χ2v) is 6.78. The summed E-state index contributed by atoms with van der Waals surface area (Å²) in [5.41, 5.74) is 6.62. The number of sulfone groups is 1. The van der Waals surface area contributed by atoms with Gasteiger partial charge in [0.2, 0.25) is 0 Å². The second kappa shape index (κ2) is 4.87. The molecule has 2 unspecified atom stereocenters. The molecule has 2 rings (SSSR count). The van der Waals surface area contributed by atoms with Crippen LogP contribution in [0.2, 0.25) is 0 Å². The molecule has 100 valence electrons. The molecule has 0 amide bonds. The Morgan fingerprint density at radius 1 is 1.39 bits per heavy atom. The molecule has 0 aliphatic carbocycles. The molecule has 0 radical (unpaired) electrons. The lowest BCUT2D eigenvalue weighted by atomic mass is 10.1. The maximum atomic E-state index is 11.4. The van der Waals surface area contributed by atoms with Crippen molar-refractivity contribution in [2.75, 3.05) is 11.5 Å². The molecule has 3 N–H and O–H groups in total. The van der Waals surface area contributed by atoms with Crippen LogP contribution in [0.25, 0.3) is 0 Å². The van der Waals surface area contributed by atoms with E-state index in [-0.39, 0.29) is 17.5 Å². The van der Waals surface area contributed by atoms with Crippen molar-refractivity contribution in [1.29, 1.82) is 0 Å². The maximum absolute atomic E-state index is 11.4. The lowest BCUT2D eigenvalue weighted by Crippen LogP contribution is -2.30. The summed E-state index contributed by atoms with van der Waals surface area (Å²) in [6.45, 7) is 1.82. The lowest BCUT2D eigenvalue weighted by molar-refractivity contribution is 0.0729. The van der Waals surface area contributed by atoms with Crippen molar-refractivity contribution < 1.29 is 18.3 Å². The fraction of sp³-hybridized carbons (Fsp3) is 0.500. The second-order valence-electron chi connectivity index (χ2n) is 4.63. The Bertz CT molecular complexity index is 527. The van der Waals surface area contributed by atoms with E-state index in [9.17, 15) is 13.5 Å². The van der Waals surface area contributed by atoms with Crippen LogP contribution < -0.4 is 10.5 Å². The molecular formula is C12H17NO4S. The third kappa shape index (κ3) is 2.82. The number of rotatable bonds is 3. The van der Waals surface area contributed by atoms with Gasteiger partial charge in [0.05, 0.1) is 11.5 Å². The molecule has 0 aromatic heterocycles.